The molecule has 0 radical (unpaired) electrons. The van der Waals surface area contributed by atoms with Gasteiger partial charge in [-0.25, -0.2) is 4.79 Å². The molecule has 0 aromatic rings. The number of nitrogens with one attached hydrogen (secondary N) is 1. The van der Waals surface area contributed by atoms with Gasteiger partial charge in [0.05, 0.1) is 18.6 Å². The van der Waals surface area contributed by atoms with Gasteiger partial charge in [-0.15, -0.1) is 0 Å². The lowest BCUT2D eigenvalue weighted by Gasteiger charge is -2.31. The zero-order valence-electron chi connectivity index (χ0n) is 10.2. The maximum Gasteiger partial charge on any atom is 0.326 e. The van der Waals surface area contributed by atoms with E-state index in [1.165, 1.54) is 4.90 Å². The van der Waals surface area contributed by atoms with Gasteiger partial charge in [0.1, 0.15) is 6.23 Å². The van der Waals surface area contributed by atoms with Gasteiger partial charge in [0.25, 0.3) is 0 Å². The summed E-state index contributed by atoms with van der Waals surface area (Å²) < 4.78 is 5.51. The van der Waals surface area contributed by atoms with Crippen LogP contribution in [0.3, 0.4) is 0 Å². The Kier molecular flexibility index (Phi) is 4.01. The van der Waals surface area contributed by atoms with Crippen molar-refractivity contribution >= 4 is 17.9 Å². The Morgan fingerprint density at radius 2 is 2.21 bits per heavy atom. The van der Waals surface area contributed by atoms with Crippen LogP contribution in [0.15, 0.2) is 0 Å². The third-order valence-electron chi connectivity index (χ3n) is 3.28. The van der Waals surface area contributed by atoms with E-state index in [1.807, 2.05) is 0 Å². The lowest BCUT2D eigenvalue weighted by atomic mass is 10.1. The van der Waals surface area contributed by atoms with Crippen LogP contribution in [0.25, 0.3) is 0 Å². The molecule has 2 saturated heterocycles. The van der Waals surface area contributed by atoms with E-state index >= 15 is 0 Å². The van der Waals surface area contributed by atoms with Crippen molar-refractivity contribution in [3.05, 3.63) is 0 Å². The molecule has 2 aliphatic heterocycles. The van der Waals surface area contributed by atoms with Crippen molar-refractivity contribution < 1.29 is 29.3 Å². The van der Waals surface area contributed by atoms with Gasteiger partial charge in [-0.3, -0.25) is 19.8 Å². The summed E-state index contributed by atoms with van der Waals surface area (Å²) in [6.07, 6.45) is -1.36. The Bertz CT molecular complexity index is 399. The molecule has 1 unspecified atom stereocenters. The van der Waals surface area contributed by atoms with Crippen LogP contribution in [0.1, 0.15) is 25.7 Å². The first kappa shape index (κ1) is 13.8. The van der Waals surface area contributed by atoms with Crippen LogP contribution in [-0.2, 0) is 14.3 Å². The van der Waals surface area contributed by atoms with E-state index in [0.717, 1.165) is 0 Å². The highest BCUT2D eigenvalue weighted by atomic mass is 16.5. The third kappa shape index (κ3) is 3.21. The summed E-state index contributed by atoms with van der Waals surface area (Å²) in [6.45, 7) is 0.275. The van der Waals surface area contributed by atoms with Gasteiger partial charge in [-0.2, -0.15) is 0 Å². The van der Waals surface area contributed by atoms with Gasteiger partial charge >= 0.3 is 12.0 Å². The van der Waals surface area contributed by atoms with Crippen molar-refractivity contribution in [3.63, 3.8) is 0 Å². The maximum atomic E-state index is 11.6. The molecule has 19 heavy (non-hydrogen) atoms. The first-order valence-electron chi connectivity index (χ1n) is 6.13. The van der Waals surface area contributed by atoms with E-state index in [-0.39, 0.29) is 25.3 Å². The zero-order valence-corrected chi connectivity index (χ0v) is 10.2. The molecule has 3 amide bonds. The molecule has 0 bridgehead atoms. The molecule has 106 valence electrons. The Hall–Kier alpha value is -1.67. The lowest BCUT2D eigenvalue weighted by Crippen LogP contribution is -2.53. The van der Waals surface area contributed by atoms with Gasteiger partial charge < -0.3 is 14.9 Å². The molecule has 2 rings (SSSR count). The number of rotatable bonds is 4. The molecule has 0 saturated carbocycles. The minimum Gasteiger partial charge on any atom is -0.481 e. The monoisotopic (exact) mass is 272 g/mol. The quantitative estimate of drug-likeness (QED) is 0.621. The van der Waals surface area contributed by atoms with E-state index in [1.54, 1.807) is 0 Å². The first-order chi connectivity index (χ1) is 8.97. The van der Waals surface area contributed by atoms with E-state index in [9.17, 15) is 19.5 Å². The number of amides is 3. The second-order valence-electron chi connectivity index (χ2n) is 4.67. The van der Waals surface area contributed by atoms with Crippen LogP contribution >= 0.6 is 0 Å². The zero-order chi connectivity index (χ0) is 14.0. The fraction of sp³-hybridized carbons (Fsp3) is 0.727. The molecule has 3 atom stereocenters. The van der Waals surface area contributed by atoms with Crippen LogP contribution in [0.2, 0.25) is 0 Å². The minimum absolute atomic E-state index is 0.216. The summed E-state index contributed by atoms with van der Waals surface area (Å²) >= 11 is 0. The Morgan fingerprint density at radius 3 is 2.84 bits per heavy atom. The van der Waals surface area contributed by atoms with Gasteiger partial charge in [-0.1, -0.05) is 0 Å². The number of nitrogens with zero attached hydrogens (tertiary/aromatic N) is 1. The largest absolute Gasteiger partial charge is 0.481 e. The van der Waals surface area contributed by atoms with Crippen molar-refractivity contribution in [1.29, 1.82) is 0 Å². The van der Waals surface area contributed by atoms with Gasteiger partial charge in [0.2, 0.25) is 5.91 Å². The third-order valence-corrected chi connectivity index (χ3v) is 3.28. The predicted molar refractivity (Wildman–Crippen MR) is 61.0 cm³/mol. The van der Waals surface area contributed by atoms with Crippen LogP contribution in [0.5, 0.6) is 0 Å². The summed E-state index contributed by atoms with van der Waals surface area (Å²) in [6, 6.07) is -0.505. The molecular formula is C11H16N2O6. The van der Waals surface area contributed by atoms with Gasteiger partial charge in [0.15, 0.2) is 0 Å². The molecule has 8 heteroatoms. The van der Waals surface area contributed by atoms with Crippen LogP contribution in [0.4, 0.5) is 4.79 Å². The van der Waals surface area contributed by atoms with Crippen molar-refractivity contribution in [2.75, 3.05) is 6.54 Å². The SMILES string of the molecule is O=C(O)CC(O)[C@@H]1CC[C@H](N2CCC(=O)NC2=O)O1. The number of aliphatic carboxylic acids is 1. The fourth-order valence-corrected chi connectivity index (χ4v) is 2.32. The molecule has 3 N–H and O–H groups in total. The molecule has 0 aromatic heterocycles. The fourth-order valence-electron chi connectivity index (χ4n) is 2.32. The normalized spacial score (nSPS) is 29.2. The number of carbonyl (C=O) groups excluding carboxylic acids is 2. The molecule has 0 aromatic carbocycles. The number of urea groups is 1. The first-order valence-corrected chi connectivity index (χ1v) is 6.13. The van der Waals surface area contributed by atoms with Gasteiger partial charge in [0, 0.05) is 13.0 Å². The summed E-state index contributed by atoms with van der Waals surface area (Å²) in [5, 5.41) is 20.5. The number of carboxylic acid groups (broad SMARTS) is 1. The standard InChI is InChI=1S/C11H16N2O6/c14-6(5-10(16)17)7-1-2-9(19-7)13-4-3-8(15)12-11(13)18/h6-7,9,14H,1-5H2,(H,16,17)(H,12,15,18)/t6?,7-,9+/m0/s1. The number of aliphatic hydroxyl groups excluding tert-OH is 1. The van der Waals surface area contributed by atoms with Gasteiger partial charge in [-0.05, 0) is 12.8 Å². The Balaban J connectivity index is 1.89. The van der Waals surface area contributed by atoms with E-state index < -0.39 is 30.4 Å². The van der Waals surface area contributed by atoms with Crippen LogP contribution in [-0.4, -0.2) is 58.0 Å². The number of hydrogen-bond donors (Lipinski definition) is 3. The Morgan fingerprint density at radius 1 is 1.47 bits per heavy atom. The number of carboxylic acids is 1. The van der Waals surface area contributed by atoms with Crippen molar-refractivity contribution in [1.82, 2.24) is 10.2 Å². The molecular weight excluding hydrogens is 256 g/mol. The smallest absolute Gasteiger partial charge is 0.326 e. The van der Waals surface area contributed by atoms with E-state index in [0.29, 0.717) is 12.8 Å². The molecule has 0 aliphatic carbocycles. The minimum atomic E-state index is -1.10. The highest BCUT2D eigenvalue weighted by molar-refractivity contribution is 5.96. The predicted octanol–water partition coefficient (Wildman–Crippen LogP) is -0.731. The Labute approximate surface area is 109 Å². The summed E-state index contributed by atoms with van der Waals surface area (Å²) in [7, 11) is 0. The molecule has 8 nitrogen and oxygen atoms in total. The van der Waals surface area contributed by atoms with Crippen molar-refractivity contribution in [2.24, 2.45) is 0 Å². The lowest BCUT2D eigenvalue weighted by molar-refractivity contribution is -0.143. The highest BCUT2D eigenvalue weighted by Gasteiger charge is 2.38. The number of aliphatic hydroxyl groups is 1. The topological polar surface area (TPSA) is 116 Å². The molecule has 0 spiro atoms. The van der Waals surface area contributed by atoms with Crippen molar-refractivity contribution in [3.8, 4) is 0 Å². The summed E-state index contributed by atoms with van der Waals surface area (Å²) in [5.41, 5.74) is 0. The van der Waals surface area contributed by atoms with Crippen molar-refractivity contribution in [2.45, 2.75) is 44.1 Å². The average Bonchev–Trinajstić information content (AvgIpc) is 2.77. The summed E-state index contributed by atoms with van der Waals surface area (Å²) in [5.74, 6) is -1.41. The summed E-state index contributed by atoms with van der Waals surface area (Å²) in [4.78, 5) is 34.5. The van der Waals surface area contributed by atoms with Crippen LogP contribution in [0, 0.1) is 0 Å². The number of hydrogen-bond acceptors (Lipinski definition) is 5. The highest BCUT2D eigenvalue weighted by Crippen LogP contribution is 2.26. The molecule has 2 heterocycles. The second-order valence-corrected chi connectivity index (χ2v) is 4.67. The number of imide groups is 1. The maximum absolute atomic E-state index is 11.6. The average molecular weight is 272 g/mol. The second kappa shape index (κ2) is 5.54. The number of ether oxygens (including phenoxy) is 1. The molecule has 2 aliphatic rings. The van der Waals surface area contributed by atoms with Crippen LogP contribution < -0.4 is 5.32 Å². The number of carbonyl (C=O) groups is 3. The molecule has 2 fully saturated rings. The van der Waals surface area contributed by atoms with E-state index in [4.69, 9.17) is 9.84 Å². The van der Waals surface area contributed by atoms with E-state index in [2.05, 4.69) is 5.32 Å².